The maximum absolute atomic E-state index is 8.43. The first kappa shape index (κ1) is 43.5. The van der Waals surface area contributed by atoms with Gasteiger partial charge in [0, 0.05) is 6.61 Å². The molecule has 0 radical (unpaired) electrons. The summed E-state index contributed by atoms with van der Waals surface area (Å²) in [6, 6.07) is 0. The Hall–Kier alpha value is 0.375. The third-order valence-electron chi connectivity index (χ3n) is 8.25. The van der Waals surface area contributed by atoms with Crippen LogP contribution in [0.15, 0.2) is 0 Å². The largest absolute Gasteiger partial charge is 0.633 e. The normalized spacial score (nSPS) is 11.2. The zero-order valence-corrected chi connectivity index (χ0v) is 29.8. The summed E-state index contributed by atoms with van der Waals surface area (Å²) in [5, 5.41) is 16.9. The lowest BCUT2D eigenvalue weighted by Crippen LogP contribution is -2.17. The van der Waals surface area contributed by atoms with Gasteiger partial charge in [-0.05, 0) is 44.2 Å². The summed E-state index contributed by atoms with van der Waals surface area (Å²) >= 11 is 0. The van der Waals surface area contributed by atoms with E-state index in [2.05, 4.69) is 32.3 Å². The highest BCUT2D eigenvalue weighted by Crippen LogP contribution is 2.39. The number of hydrogen-bond acceptors (Lipinski definition) is 3. The van der Waals surface area contributed by atoms with E-state index in [0.717, 1.165) is 12.8 Å². The molecule has 0 spiro atoms. The average Bonchev–Trinajstić information content (AvgIpc) is 2.97. The molecule has 0 aromatic heterocycles. The summed E-state index contributed by atoms with van der Waals surface area (Å²) in [7, 11) is -1.23. The Morgan fingerprint density at radius 1 is 0.366 bits per heavy atom. The maximum atomic E-state index is 8.43. The van der Waals surface area contributed by atoms with E-state index in [-0.39, 0.29) is 0 Å². The molecule has 0 aromatic carbocycles. The molecular weight excluding hydrogens is 522 g/mol. The van der Waals surface area contributed by atoms with Crippen LogP contribution < -0.4 is 0 Å². The van der Waals surface area contributed by atoms with Crippen molar-refractivity contribution < 1.29 is 14.7 Å². The third-order valence-corrected chi connectivity index (χ3v) is 11.1. The second-order valence-corrected chi connectivity index (χ2v) is 15.2. The van der Waals surface area contributed by atoms with Crippen LogP contribution in [-0.4, -0.2) is 42.5 Å². The van der Waals surface area contributed by atoms with E-state index in [1.807, 2.05) is 0 Å². The minimum Gasteiger partial charge on any atom is -0.402 e. The molecule has 0 bridgehead atoms. The Morgan fingerprint density at radius 3 is 0.878 bits per heavy atom. The lowest BCUT2D eigenvalue weighted by molar-refractivity contribution is 0.182. The first-order valence-electron chi connectivity index (χ1n) is 18.8. The number of rotatable bonds is 33. The minimum atomic E-state index is -1.60. The molecule has 248 valence electrons. The smallest absolute Gasteiger partial charge is 0.402 e. The fraction of sp³-hybridized carbons (Fsp3) is 1.00. The topological polar surface area (TPSA) is 49.7 Å². The molecule has 0 aromatic rings. The molecule has 0 unspecified atom stereocenters. The summed E-state index contributed by atoms with van der Waals surface area (Å²) in [4.78, 5) is 0. The molecular formula is C36H78BO3P. The molecule has 0 atom stereocenters. The van der Waals surface area contributed by atoms with Crippen molar-refractivity contribution in [1.29, 1.82) is 0 Å². The highest BCUT2D eigenvalue weighted by molar-refractivity contribution is 7.57. The second-order valence-electron chi connectivity index (χ2n) is 12.5. The van der Waals surface area contributed by atoms with Crippen LogP contribution in [0.4, 0.5) is 0 Å². The monoisotopic (exact) mass is 601 g/mol. The van der Waals surface area contributed by atoms with E-state index >= 15 is 0 Å². The van der Waals surface area contributed by atoms with Crippen molar-refractivity contribution in [3.63, 3.8) is 0 Å². The summed E-state index contributed by atoms with van der Waals surface area (Å²) in [5.41, 5.74) is 0. The van der Waals surface area contributed by atoms with Crippen molar-refractivity contribution in [1.82, 2.24) is 0 Å². The summed E-state index contributed by atoms with van der Waals surface area (Å²) in [6.07, 6.45) is 44.0. The van der Waals surface area contributed by atoms with Crippen molar-refractivity contribution in [3.8, 4) is 0 Å². The lowest BCUT2D eigenvalue weighted by atomic mass is 10.1. The molecule has 0 rings (SSSR count). The summed E-state index contributed by atoms with van der Waals surface area (Å²) in [6.45, 7) is 9.65. The van der Waals surface area contributed by atoms with Crippen molar-refractivity contribution in [3.05, 3.63) is 0 Å². The quantitative estimate of drug-likeness (QED) is 0.0447. The van der Waals surface area contributed by atoms with Crippen LogP contribution >= 0.6 is 7.92 Å². The van der Waals surface area contributed by atoms with Gasteiger partial charge in [0.25, 0.3) is 0 Å². The van der Waals surface area contributed by atoms with Crippen molar-refractivity contribution in [2.45, 2.75) is 207 Å². The van der Waals surface area contributed by atoms with E-state index in [1.54, 1.807) is 18.5 Å². The number of hydrogen-bond donors (Lipinski definition) is 2. The van der Waals surface area contributed by atoms with Gasteiger partial charge in [-0.25, -0.2) is 0 Å². The molecule has 3 nitrogen and oxygen atoms in total. The average molecular weight is 601 g/mol. The Labute approximate surface area is 262 Å². The maximum Gasteiger partial charge on any atom is 0.633 e. The van der Waals surface area contributed by atoms with E-state index < -0.39 is 7.32 Å². The summed E-state index contributed by atoms with van der Waals surface area (Å²) < 4.78 is 4.62. The Kier molecular flexibility index (Phi) is 42.8. The van der Waals surface area contributed by atoms with Gasteiger partial charge in [0.15, 0.2) is 0 Å². The van der Waals surface area contributed by atoms with Crippen LogP contribution in [0.25, 0.3) is 0 Å². The van der Waals surface area contributed by atoms with Crippen LogP contribution in [0.5, 0.6) is 0 Å². The minimum absolute atomic E-state index is 0.366. The van der Waals surface area contributed by atoms with Crippen LogP contribution in [-0.2, 0) is 4.65 Å². The zero-order valence-electron chi connectivity index (χ0n) is 29.0. The van der Waals surface area contributed by atoms with Gasteiger partial charge < -0.3 is 14.7 Å². The van der Waals surface area contributed by atoms with Crippen molar-refractivity contribution in [2.24, 2.45) is 0 Å². The first-order valence-corrected chi connectivity index (χ1v) is 20.7. The molecule has 0 aliphatic heterocycles. The highest BCUT2D eigenvalue weighted by Gasteiger charge is 2.08. The summed E-state index contributed by atoms with van der Waals surface area (Å²) in [5.74, 6) is 0. The molecule has 0 fully saturated rings. The van der Waals surface area contributed by atoms with Crippen molar-refractivity contribution >= 4 is 15.2 Å². The van der Waals surface area contributed by atoms with E-state index in [0.29, 0.717) is 14.5 Å². The van der Waals surface area contributed by atoms with Gasteiger partial charge in [0.05, 0.1) is 0 Å². The van der Waals surface area contributed by atoms with Gasteiger partial charge in [0.1, 0.15) is 0 Å². The zero-order chi connectivity index (χ0) is 30.5. The molecule has 0 amide bonds. The lowest BCUT2D eigenvalue weighted by Gasteiger charge is -2.18. The standard InChI is InChI=1S/C24H51P.C12H27BO3/c1-4-7-10-13-16-19-22-25(23-20-17-14-11-8-5-2)24-21-18-15-12-9-6-3;1-2-3-4-5-6-7-8-9-10-11-12-16-13(14)15/h4-24H2,1-3H3;14-15H,2-12H2,1H3. The fourth-order valence-electron chi connectivity index (χ4n) is 5.46. The third kappa shape index (κ3) is 42.6. The van der Waals surface area contributed by atoms with E-state index in [9.17, 15) is 0 Å². The molecule has 41 heavy (non-hydrogen) atoms. The first-order chi connectivity index (χ1) is 20.1. The molecule has 0 aliphatic rings. The second kappa shape index (κ2) is 40.4. The predicted molar refractivity (Wildman–Crippen MR) is 190 cm³/mol. The molecule has 0 aliphatic carbocycles. The van der Waals surface area contributed by atoms with Crippen LogP contribution in [0.1, 0.15) is 207 Å². The molecule has 5 heteroatoms. The number of unbranched alkanes of at least 4 members (excludes halogenated alkanes) is 24. The predicted octanol–water partition coefficient (Wildman–Crippen LogP) is 12.4. The Balaban J connectivity index is 0. The Morgan fingerprint density at radius 2 is 0.610 bits per heavy atom. The van der Waals surface area contributed by atoms with Gasteiger partial charge in [-0.1, -0.05) is 182 Å². The molecule has 0 heterocycles. The van der Waals surface area contributed by atoms with Gasteiger partial charge in [-0.15, -0.1) is 7.92 Å². The van der Waals surface area contributed by atoms with Crippen LogP contribution in [0.2, 0.25) is 0 Å². The SMILES string of the molecule is CCCCCCCCCCCCOB(O)O.CCCCCCCCP(CCCCCCCC)CCCCCCCC. The van der Waals surface area contributed by atoms with Gasteiger partial charge in [-0.2, -0.15) is 0 Å². The van der Waals surface area contributed by atoms with Gasteiger partial charge in [0.2, 0.25) is 0 Å². The van der Waals surface area contributed by atoms with E-state index in [4.69, 9.17) is 10.0 Å². The fourth-order valence-corrected chi connectivity index (χ4v) is 8.14. The van der Waals surface area contributed by atoms with Crippen LogP contribution in [0, 0.1) is 0 Å². The highest BCUT2D eigenvalue weighted by atomic mass is 31.1. The molecule has 2 N–H and O–H groups in total. The van der Waals surface area contributed by atoms with Gasteiger partial charge >= 0.3 is 7.32 Å². The van der Waals surface area contributed by atoms with Gasteiger partial charge in [-0.3, -0.25) is 0 Å². The van der Waals surface area contributed by atoms with Crippen molar-refractivity contribution in [2.75, 3.05) is 25.1 Å². The molecule has 0 saturated carbocycles. The Bertz CT molecular complexity index is 401. The molecule has 0 saturated heterocycles. The van der Waals surface area contributed by atoms with E-state index in [1.165, 1.54) is 167 Å². The van der Waals surface area contributed by atoms with Crippen LogP contribution in [0.3, 0.4) is 0 Å².